The van der Waals surface area contributed by atoms with Crippen LogP contribution in [-0.2, 0) is 4.74 Å². The summed E-state index contributed by atoms with van der Waals surface area (Å²) in [6.07, 6.45) is 17.9. The Bertz CT molecular complexity index is 637. The molecule has 0 amide bonds. The summed E-state index contributed by atoms with van der Waals surface area (Å²) in [5, 5.41) is 9.50. The highest BCUT2D eigenvalue weighted by molar-refractivity contribution is 6.02. The molecule has 0 fully saturated rings. The van der Waals surface area contributed by atoms with Gasteiger partial charge >= 0.3 is 11.9 Å². The molecule has 1 aromatic carbocycles. The highest BCUT2D eigenvalue weighted by Gasteiger charge is 2.34. The zero-order valence-electron chi connectivity index (χ0n) is 20.8. The predicted octanol–water partition coefficient (Wildman–Crippen LogP) is 8.58. The van der Waals surface area contributed by atoms with Crippen molar-refractivity contribution in [2.24, 2.45) is 0 Å². The molecule has 182 valence electrons. The summed E-state index contributed by atoms with van der Waals surface area (Å²) in [6.45, 7) is 6.58. The maximum Gasteiger partial charge on any atom is 0.339 e. The molecule has 1 rings (SSSR count). The third kappa shape index (κ3) is 10.7. The van der Waals surface area contributed by atoms with Gasteiger partial charge in [0.2, 0.25) is 0 Å². The van der Waals surface area contributed by atoms with Gasteiger partial charge in [0.15, 0.2) is 0 Å². The maximum atomic E-state index is 13.1. The van der Waals surface area contributed by atoms with Crippen molar-refractivity contribution in [2.75, 3.05) is 0 Å². The van der Waals surface area contributed by atoms with Gasteiger partial charge in [-0.05, 0) is 44.2 Å². The number of unbranched alkanes of at least 4 members (excludes halogenated alkanes) is 10. The first-order valence-electron chi connectivity index (χ1n) is 13.0. The van der Waals surface area contributed by atoms with Crippen LogP contribution in [0.2, 0.25) is 0 Å². The van der Waals surface area contributed by atoms with Gasteiger partial charge in [0.05, 0.1) is 11.1 Å². The van der Waals surface area contributed by atoms with Crippen molar-refractivity contribution in [1.29, 1.82) is 0 Å². The number of hydrogen-bond acceptors (Lipinski definition) is 3. The second-order valence-corrected chi connectivity index (χ2v) is 9.21. The third-order valence-corrected chi connectivity index (χ3v) is 6.36. The Morgan fingerprint density at radius 2 is 1.16 bits per heavy atom. The summed E-state index contributed by atoms with van der Waals surface area (Å²) in [5.74, 6) is -1.58. The van der Waals surface area contributed by atoms with Gasteiger partial charge in [0.25, 0.3) is 0 Å². The Morgan fingerprint density at radius 3 is 1.62 bits per heavy atom. The molecule has 0 spiro atoms. The largest absolute Gasteiger partial charge is 0.478 e. The summed E-state index contributed by atoms with van der Waals surface area (Å²) in [6, 6.07) is 6.39. The number of aromatic carboxylic acids is 1. The molecule has 4 nitrogen and oxygen atoms in total. The second-order valence-electron chi connectivity index (χ2n) is 9.21. The zero-order chi connectivity index (χ0) is 23.7. The molecule has 0 heterocycles. The molecule has 0 aliphatic heterocycles. The monoisotopic (exact) mass is 446 g/mol. The number of carbonyl (C=O) groups is 2. The van der Waals surface area contributed by atoms with Gasteiger partial charge < -0.3 is 9.84 Å². The normalized spacial score (nSPS) is 11.5. The lowest BCUT2D eigenvalue weighted by atomic mass is 9.85. The molecule has 4 heteroatoms. The van der Waals surface area contributed by atoms with E-state index in [0.29, 0.717) is 0 Å². The van der Waals surface area contributed by atoms with Gasteiger partial charge in [-0.2, -0.15) is 0 Å². The number of benzene rings is 1. The van der Waals surface area contributed by atoms with Crippen molar-refractivity contribution >= 4 is 11.9 Å². The van der Waals surface area contributed by atoms with Crippen molar-refractivity contribution in [1.82, 2.24) is 0 Å². The van der Waals surface area contributed by atoms with Crippen LogP contribution in [0.5, 0.6) is 0 Å². The average molecular weight is 447 g/mol. The van der Waals surface area contributed by atoms with Crippen LogP contribution in [0, 0.1) is 0 Å². The lowest BCUT2D eigenvalue weighted by Crippen LogP contribution is -2.36. The van der Waals surface area contributed by atoms with Gasteiger partial charge in [-0.25, -0.2) is 9.59 Å². The lowest BCUT2D eigenvalue weighted by Gasteiger charge is -2.34. The molecular weight excluding hydrogens is 400 g/mol. The van der Waals surface area contributed by atoms with Gasteiger partial charge in [-0.3, -0.25) is 0 Å². The molecule has 32 heavy (non-hydrogen) atoms. The second kappa shape index (κ2) is 16.7. The molecule has 0 radical (unpaired) electrons. The molecule has 0 unspecified atom stereocenters. The van der Waals surface area contributed by atoms with E-state index in [0.717, 1.165) is 51.4 Å². The molecule has 0 saturated heterocycles. The van der Waals surface area contributed by atoms with Crippen LogP contribution in [0.1, 0.15) is 144 Å². The first-order valence-corrected chi connectivity index (χ1v) is 13.0. The molecular formula is C28H46O4. The Balaban J connectivity index is 2.89. The van der Waals surface area contributed by atoms with Crippen molar-refractivity contribution in [3.05, 3.63) is 35.4 Å². The van der Waals surface area contributed by atoms with Crippen LogP contribution in [0.25, 0.3) is 0 Å². The number of carbonyl (C=O) groups excluding carboxylic acids is 1. The van der Waals surface area contributed by atoms with Gasteiger partial charge in [0, 0.05) is 0 Å². The molecule has 0 aromatic heterocycles. The number of rotatable bonds is 19. The summed E-state index contributed by atoms with van der Waals surface area (Å²) < 4.78 is 6.21. The van der Waals surface area contributed by atoms with Crippen LogP contribution in [-0.4, -0.2) is 22.6 Å². The summed E-state index contributed by atoms with van der Waals surface area (Å²) in [5.41, 5.74) is -0.319. The molecule has 0 bridgehead atoms. The van der Waals surface area contributed by atoms with Crippen molar-refractivity contribution in [2.45, 2.75) is 129 Å². The SMILES string of the molecule is CCCCCCCCC(CCC)(CCCCCCCC)OC(=O)c1ccccc1C(=O)O. The van der Waals surface area contributed by atoms with Crippen LogP contribution >= 0.6 is 0 Å². The van der Waals surface area contributed by atoms with Crippen molar-refractivity contribution < 1.29 is 19.4 Å². The van der Waals surface area contributed by atoms with Crippen LogP contribution in [0.4, 0.5) is 0 Å². The van der Waals surface area contributed by atoms with Crippen molar-refractivity contribution in [3.8, 4) is 0 Å². The van der Waals surface area contributed by atoms with Crippen molar-refractivity contribution in [3.63, 3.8) is 0 Å². The Morgan fingerprint density at radius 1 is 0.688 bits per heavy atom. The molecule has 0 aliphatic carbocycles. The number of carboxylic acids is 1. The average Bonchev–Trinajstić information content (AvgIpc) is 2.78. The van der Waals surface area contributed by atoms with Crippen LogP contribution in [0.15, 0.2) is 24.3 Å². The Labute approximate surface area is 196 Å². The third-order valence-electron chi connectivity index (χ3n) is 6.36. The van der Waals surface area contributed by atoms with E-state index in [2.05, 4.69) is 20.8 Å². The number of hydrogen-bond donors (Lipinski definition) is 1. The Hall–Kier alpha value is -1.84. The highest BCUT2D eigenvalue weighted by Crippen LogP contribution is 2.33. The van der Waals surface area contributed by atoms with Gasteiger partial charge in [0.1, 0.15) is 5.60 Å². The molecule has 1 N–H and O–H groups in total. The molecule has 0 atom stereocenters. The number of esters is 1. The molecule has 1 aromatic rings. The minimum Gasteiger partial charge on any atom is -0.478 e. The minimum atomic E-state index is -1.09. The number of carboxylic acid groups (broad SMARTS) is 1. The first kappa shape index (κ1) is 28.2. The zero-order valence-corrected chi connectivity index (χ0v) is 20.8. The fraction of sp³-hybridized carbons (Fsp3) is 0.714. The highest BCUT2D eigenvalue weighted by atomic mass is 16.6. The van der Waals surface area contributed by atoms with Crippen LogP contribution < -0.4 is 0 Å². The van der Waals surface area contributed by atoms with Gasteiger partial charge in [-0.15, -0.1) is 0 Å². The quantitative estimate of drug-likeness (QED) is 0.171. The summed E-state index contributed by atoms with van der Waals surface area (Å²) in [7, 11) is 0. The smallest absolute Gasteiger partial charge is 0.339 e. The lowest BCUT2D eigenvalue weighted by molar-refractivity contribution is -0.0353. The summed E-state index contributed by atoms with van der Waals surface area (Å²) in [4.78, 5) is 24.7. The predicted molar refractivity (Wildman–Crippen MR) is 132 cm³/mol. The van der Waals surface area contributed by atoms with E-state index in [4.69, 9.17) is 4.74 Å². The maximum absolute atomic E-state index is 13.1. The van der Waals surface area contributed by atoms with Gasteiger partial charge in [-0.1, -0.05) is 104 Å². The van der Waals surface area contributed by atoms with E-state index in [1.807, 2.05) is 0 Å². The molecule has 0 saturated carbocycles. The fourth-order valence-electron chi connectivity index (χ4n) is 4.54. The Kier molecular flexibility index (Phi) is 14.8. The minimum absolute atomic E-state index is 0.0158. The number of ether oxygens (including phenoxy) is 1. The topological polar surface area (TPSA) is 63.6 Å². The van der Waals surface area contributed by atoms with E-state index in [-0.39, 0.29) is 11.1 Å². The van der Waals surface area contributed by atoms with E-state index >= 15 is 0 Å². The van der Waals surface area contributed by atoms with E-state index in [9.17, 15) is 14.7 Å². The standard InChI is InChI=1S/C28H46O4/c1-4-7-9-11-13-17-22-28(21-6-3,23-18-14-12-10-8-5-2)32-27(31)25-20-16-15-19-24(25)26(29)30/h15-16,19-20H,4-14,17-18,21-23H2,1-3H3,(H,29,30). The van der Waals surface area contributed by atoms with E-state index < -0.39 is 17.5 Å². The van der Waals surface area contributed by atoms with Crippen LogP contribution in [0.3, 0.4) is 0 Å². The van der Waals surface area contributed by atoms with E-state index in [1.54, 1.807) is 18.2 Å². The van der Waals surface area contributed by atoms with E-state index in [1.165, 1.54) is 57.4 Å². The fourth-order valence-corrected chi connectivity index (χ4v) is 4.54. The molecule has 0 aliphatic rings. The summed E-state index contributed by atoms with van der Waals surface area (Å²) >= 11 is 0. The first-order chi connectivity index (χ1) is 15.5.